The molecule has 3 N–H and O–H groups in total. The lowest BCUT2D eigenvalue weighted by Crippen LogP contribution is -2.46. The molecule has 0 saturated heterocycles. The van der Waals surface area contributed by atoms with Gasteiger partial charge in [0, 0.05) is 12.8 Å². The second-order valence-electron chi connectivity index (χ2n) is 16.6. The van der Waals surface area contributed by atoms with Crippen molar-refractivity contribution in [2.24, 2.45) is 0 Å². The van der Waals surface area contributed by atoms with Crippen molar-refractivity contribution >= 4 is 11.9 Å². The average Bonchev–Trinajstić information content (AvgIpc) is 3.25. The highest BCUT2D eigenvalue weighted by molar-refractivity contribution is 5.77. The van der Waals surface area contributed by atoms with Crippen LogP contribution in [0.5, 0.6) is 0 Å². The maximum absolute atomic E-state index is 13.1. The van der Waals surface area contributed by atoms with Crippen molar-refractivity contribution in [1.82, 2.24) is 5.32 Å². The number of unbranched alkanes of at least 4 members (excludes halogenated alkanes) is 20. The molecule has 61 heavy (non-hydrogen) atoms. The van der Waals surface area contributed by atoms with Crippen LogP contribution in [-0.2, 0) is 14.3 Å². The van der Waals surface area contributed by atoms with Crippen LogP contribution in [0.4, 0.5) is 0 Å². The number of amides is 1. The third-order valence-corrected chi connectivity index (χ3v) is 10.8. The topological polar surface area (TPSA) is 95.9 Å². The first-order valence-corrected chi connectivity index (χ1v) is 25.0. The van der Waals surface area contributed by atoms with Gasteiger partial charge in [0.25, 0.3) is 0 Å². The van der Waals surface area contributed by atoms with E-state index in [9.17, 15) is 19.8 Å². The molecule has 0 radical (unpaired) electrons. The van der Waals surface area contributed by atoms with Crippen LogP contribution in [0.25, 0.3) is 0 Å². The number of carbonyl (C=O) groups is 2. The van der Waals surface area contributed by atoms with Crippen molar-refractivity contribution in [2.45, 2.75) is 232 Å². The van der Waals surface area contributed by atoms with Crippen LogP contribution in [0.3, 0.4) is 0 Å². The minimum atomic E-state index is -0.827. The van der Waals surface area contributed by atoms with Crippen molar-refractivity contribution in [1.29, 1.82) is 0 Å². The molecule has 6 nitrogen and oxygen atoms in total. The molecule has 0 spiro atoms. The standard InChI is InChI=1S/C55H93NO5/c1-4-7-10-13-16-19-22-24-26-27-28-29-32-35-38-41-44-47-53(58)52(50-57)56-54(59)49-51(46-43-40-37-34-31-21-18-15-12-9-6-3)61-55(60)48-45-42-39-36-33-30-25-23-20-17-14-11-8-5-2/h8-9,11-12,15,17-18,20-21,25,30-31,34,37,40,43,51-53,57-58H,4-7,10,13-14,16,19,22-24,26-29,32-33,35-36,38-39,41-42,44-50H2,1-3H3,(H,56,59)/b11-8+,12-9+,18-15+,20-17+,30-25+,31-21-,37-34-,43-40+. The van der Waals surface area contributed by atoms with Gasteiger partial charge in [0.2, 0.25) is 5.91 Å². The molecule has 0 fully saturated rings. The Morgan fingerprint density at radius 1 is 0.525 bits per heavy atom. The maximum Gasteiger partial charge on any atom is 0.306 e. The summed E-state index contributed by atoms with van der Waals surface area (Å²) in [6.07, 6.45) is 63.5. The summed E-state index contributed by atoms with van der Waals surface area (Å²) in [5.74, 6) is -0.641. The van der Waals surface area contributed by atoms with Gasteiger partial charge in [0.15, 0.2) is 0 Å². The van der Waals surface area contributed by atoms with Crippen LogP contribution in [-0.4, -0.2) is 46.9 Å². The van der Waals surface area contributed by atoms with Crippen molar-refractivity contribution < 1.29 is 24.5 Å². The zero-order valence-corrected chi connectivity index (χ0v) is 39.5. The Hall–Kier alpha value is -3.22. The summed E-state index contributed by atoms with van der Waals surface area (Å²) in [6.45, 7) is 6.18. The van der Waals surface area contributed by atoms with Crippen LogP contribution in [0, 0.1) is 0 Å². The molecule has 0 aliphatic carbocycles. The van der Waals surface area contributed by atoms with E-state index in [-0.39, 0.29) is 24.9 Å². The largest absolute Gasteiger partial charge is 0.461 e. The van der Waals surface area contributed by atoms with Gasteiger partial charge in [-0.15, -0.1) is 0 Å². The summed E-state index contributed by atoms with van der Waals surface area (Å²) < 4.78 is 5.82. The van der Waals surface area contributed by atoms with E-state index < -0.39 is 18.2 Å². The van der Waals surface area contributed by atoms with Crippen molar-refractivity contribution in [3.05, 3.63) is 97.2 Å². The number of aliphatic hydroxyl groups is 2. The van der Waals surface area contributed by atoms with Crippen LogP contribution in [0.15, 0.2) is 97.2 Å². The fraction of sp³-hybridized carbons (Fsp3) is 0.673. The SMILES string of the molecule is CC/C=C/C=C/C=C\C=C/C=C/CC(CC(=O)NC(CO)C(O)CCCCCCCCCCCCCCCCCCC)OC(=O)CCCCCC/C=C/C/C=C/C/C=C/CC. The Morgan fingerprint density at radius 2 is 0.984 bits per heavy atom. The van der Waals surface area contributed by atoms with Gasteiger partial charge in [-0.25, -0.2) is 0 Å². The predicted molar refractivity (Wildman–Crippen MR) is 264 cm³/mol. The van der Waals surface area contributed by atoms with Crippen molar-refractivity contribution in [3.8, 4) is 0 Å². The van der Waals surface area contributed by atoms with Gasteiger partial charge in [-0.3, -0.25) is 9.59 Å². The molecule has 348 valence electrons. The fourth-order valence-corrected chi connectivity index (χ4v) is 7.05. The zero-order chi connectivity index (χ0) is 44.5. The molecule has 0 saturated carbocycles. The van der Waals surface area contributed by atoms with E-state index in [1.165, 1.54) is 89.9 Å². The van der Waals surface area contributed by atoms with Gasteiger partial charge in [0.1, 0.15) is 6.10 Å². The van der Waals surface area contributed by atoms with Gasteiger partial charge in [0.05, 0.1) is 25.2 Å². The fourth-order valence-electron chi connectivity index (χ4n) is 7.05. The van der Waals surface area contributed by atoms with E-state index in [0.29, 0.717) is 19.3 Å². The van der Waals surface area contributed by atoms with E-state index in [4.69, 9.17) is 4.74 Å². The number of nitrogens with one attached hydrogen (secondary N) is 1. The van der Waals surface area contributed by atoms with Gasteiger partial charge < -0.3 is 20.3 Å². The molecule has 0 aromatic heterocycles. The Balaban J connectivity index is 4.64. The number of rotatable bonds is 43. The van der Waals surface area contributed by atoms with E-state index in [1.807, 2.05) is 54.7 Å². The molecule has 0 bridgehead atoms. The minimum absolute atomic E-state index is 0.0327. The molecule has 3 unspecified atom stereocenters. The highest BCUT2D eigenvalue weighted by Gasteiger charge is 2.23. The van der Waals surface area contributed by atoms with Crippen LogP contribution in [0.1, 0.15) is 213 Å². The third-order valence-electron chi connectivity index (χ3n) is 10.8. The summed E-state index contributed by atoms with van der Waals surface area (Å²) in [6, 6.07) is -0.749. The van der Waals surface area contributed by atoms with Crippen LogP contribution >= 0.6 is 0 Å². The zero-order valence-electron chi connectivity index (χ0n) is 39.5. The molecule has 0 aromatic carbocycles. The number of allylic oxidation sites excluding steroid dienone is 15. The number of hydrogen-bond donors (Lipinski definition) is 3. The molecule has 0 aromatic rings. The lowest BCUT2D eigenvalue weighted by molar-refractivity contribution is -0.150. The normalized spacial score (nSPS) is 14.1. The minimum Gasteiger partial charge on any atom is -0.461 e. The third kappa shape index (κ3) is 43.2. The second-order valence-corrected chi connectivity index (χ2v) is 16.6. The molecular weight excluding hydrogens is 755 g/mol. The van der Waals surface area contributed by atoms with Gasteiger partial charge in [-0.05, 0) is 51.4 Å². The molecule has 0 aliphatic heterocycles. The average molecular weight is 848 g/mol. The van der Waals surface area contributed by atoms with Crippen molar-refractivity contribution in [2.75, 3.05) is 6.61 Å². The number of esters is 1. The summed E-state index contributed by atoms with van der Waals surface area (Å²) in [5, 5.41) is 23.7. The number of aliphatic hydroxyl groups excluding tert-OH is 2. The van der Waals surface area contributed by atoms with Crippen molar-refractivity contribution in [3.63, 3.8) is 0 Å². The number of ether oxygens (including phenoxy) is 1. The smallest absolute Gasteiger partial charge is 0.306 e. The van der Waals surface area contributed by atoms with Gasteiger partial charge in [-0.1, -0.05) is 240 Å². The monoisotopic (exact) mass is 848 g/mol. The molecule has 0 aliphatic rings. The molecular formula is C55H93NO5. The summed E-state index contributed by atoms with van der Waals surface area (Å²) in [7, 11) is 0. The summed E-state index contributed by atoms with van der Waals surface area (Å²) in [5.41, 5.74) is 0. The quantitative estimate of drug-likeness (QED) is 0.0246. The number of hydrogen-bond acceptors (Lipinski definition) is 5. The molecule has 3 atom stereocenters. The summed E-state index contributed by atoms with van der Waals surface area (Å²) in [4.78, 5) is 26.0. The predicted octanol–water partition coefficient (Wildman–Crippen LogP) is 14.9. The van der Waals surface area contributed by atoms with Crippen LogP contribution < -0.4 is 5.32 Å². The Labute approximate surface area is 376 Å². The Kier molecular flexibility index (Phi) is 45.3. The highest BCUT2D eigenvalue weighted by Crippen LogP contribution is 2.16. The number of carbonyl (C=O) groups excluding carboxylic acids is 2. The molecule has 6 heteroatoms. The van der Waals surface area contributed by atoms with E-state index in [2.05, 4.69) is 68.6 Å². The Morgan fingerprint density at radius 3 is 1.52 bits per heavy atom. The lowest BCUT2D eigenvalue weighted by atomic mass is 10.0. The van der Waals surface area contributed by atoms with E-state index in [0.717, 1.165) is 77.0 Å². The summed E-state index contributed by atoms with van der Waals surface area (Å²) >= 11 is 0. The van der Waals surface area contributed by atoms with E-state index in [1.54, 1.807) is 0 Å². The second kappa shape index (κ2) is 47.8. The first-order valence-electron chi connectivity index (χ1n) is 25.0. The molecule has 0 rings (SSSR count). The first kappa shape index (κ1) is 57.8. The van der Waals surface area contributed by atoms with Gasteiger partial charge in [-0.2, -0.15) is 0 Å². The lowest BCUT2D eigenvalue weighted by Gasteiger charge is -2.24. The van der Waals surface area contributed by atoms with Crippen LogP contribution in [0.2, 0.25) is 0 Å². The van der Waals surface area contributed by atoms with E-state index >= 15 is 0 Å². The van der Waals surface area contributed by atoms with Gasteiger partial charge >= 0.3 is 5.97 Å². The molecule has 1 amide bonds. The molecule has 0 heterocycles. The maximum atomic E-state index is 13.1. The Bertz CT molecular complexity index is 1220. The first-order chi connectivity index (χ1) is 30.0. The highest BCUT2D eigenvalue weighted by atomic mass is 16.5.